The standard InChI is InChI=1S/2C18H32O2.C6H14O3/c2*1-2-3-4-5-6-7-8-9-10-11-12-13-14-15-16-17-18(19)20;1-2-6(3-7,4-8)5-9/h2*6-7,9-10H,2-5,8,11-17H2,1H3,(H,19,20);7-9H,2-5H2,1H3/b2*7-6-,10-9-;. The van der Waals surface area contributed by atoms with Crippen LogP contribution in [0.15, 0.2) is 48.6 Å². The average molecular weight is 695 g/mol. The van der Waals surface area contributed by atoms with Crippen molar-refractivity contribution in [3.8, 4) is 0 Å². The van der Waals surface area contributed by atoms with Crippen LogP contribution in [0.5, 0.6) is 0 Å². The highest BCUT2D eigenvalue weighted by Crippen LogP contribution is 2.18. The number of allylic oxidation sites excluding steroid dienone is 8. The van der Waals surface area contributed by atoms with Crippen molar-refractivity contribution in [3.63, 3.8) is 0 Å². The average Bonchev–Trinajstić information content (AvgIpc) is 3.10. The van der Waals surface area contributed by atoms with E-state index in [9.17, 15) is 9.59 Å². The second kappa shape index (κ2) is 43.8. The van der Waals surface area contributed by atoms with Crippen LogP contribution in [-0.2, 0) is 9.59 Å². The molecule has 0 bridgehead atoms. The Hall–Kier alpha value is -2.22. The fraction of sp³-hybridized carbons (Fsp3) is 0.762. The van der Waals surface area contributed by atoms with E-state index in [1.165, 1.54) is 89.9 Å². The van der Waals surface area contributed by atoms with Crippen LogP contribution in [0.2, 0.25) is 0 Å². The summed E-state index contributed by atoms with van der Waals surface area (Å²) in [5.74, 6) is -1.34. The molecule has 288 valence electrons. The van der Waals surface area contributed by atoms with Crippen LogP contribution >= 0.6 is 0 Å². The first-order valence-electron chi connectivity index (χ1n) is 19.6. The van der Waals surface area contributed by atoms with E-state index in [1.807, 2.05) is 6.92 Å². The van der Waals surface area contributed by atoms with Gasteiger partial charge in [-0.1, -0.05) is 134 Å². The number of rotatable bonds is 32. The molecule has 0 radical (unpaired) electrons. The van der Waals surface area contributed by atoms with Crippen molar-refractivity contribution < 1.29 is 35.1 Å². The smallest absolute Gasteiger partial charge is 0.303 e. The predicted octanol–water partition coefficient (Wildman–Crippen LogP) is 11.1. The van der Waals surface area contributed by atoms with E-state index in [1.54, 1.807) is 0 Å². The number of carboxylic acid groups (broad SMARTS) is 2. The maximum atomic E-state index is 10.3. The lowest BCUT2D eigenvalue weighted by atomic mass is 9.88. The van der Waals surface area contributed by atoms with Crippen LogP contribution in [0.4, 0.5) is 0 Å². The number of hydrogen-bond donors (Lipinski definition) is 5. The minimum absolute atomic E-state index is 0.156. The summed E-state index contributed by atoms with van der Waals surface area (Å²) in [5.41, 5.74) is -0.667. The summed E-state index contributed by atoms with van der Waals surface area (Å²) in [6.07, 6.45) is 45.2. The molecule has 0 heterocycles. The zero-order valence-electron chi connectivity index (χ0n) is 32.0. The van der Waals surface area contributed by atoms with E-state index in [4.69, 9.17) is 25.5 Å². The number of unbranched alkanes of at least 4 members (excludes halogenated alkanes) is 16. The Balaban J connectivity index is -0.000000695. The van der Waals surface area contributed by atoms with Crippen LogP contribution in [0.3, 0.4) is 0 Å². The summed E-state index contributed by atoms with van der Waals surface area (Å²) in [4.78, 5) is 20.6. The zero-order chi connectivity index (χ0) is 37.1. The van der Waals surface area contributed by atoms with E-state index in [0.717, 1.165) is 51.4 Å². The number of hydrogen-bond acceptors (Lipinski definition) is 5. The third-order valence-corrected chi connectivity index (χ3v) is 8.44. The van der Waals surface area contributed by atoms with E-state index in [2.05, 4.69) is 62.5 Å². The number of aliphatic hydroxyl groups excluding tert-OH is 3. The summed E-state index contributed by atoms with van der Waals surface area (Å²) in [6.45, 7) is 5.82. The van der Waals surface area contributed by atoms with Crippen molar-refractivity contribution in [1.29, 1.82) is 0 Å². The molecule has 0 aliphatic heterocycles. The normalized spacial score (nSPS) is 11.7. The number of carboxylic acids is 2. The van der Waals surface area contributed by atoms with Crippen molar-refractivity contribution in [2.75, 3.05) is 19.8 Å². The summed E-state index contributed by atoms with van der Waals surface area (Å²) < 4.78 is 0. The van der Waals surface area contributed by atoms with Gasteiger partial charge in [0.15, 0.2) is 0 Å². The molecule has 0 aromatic heterocycles. The van der Waals surface area contributed by atoms with Gasteiger partial charge in [0.05, 0.1) is 19.8 Å². The topological polar surface area (TPSA) is 135 Å². The highest BCUT2D eigenvalue weighted by atomic mass is 16.4. The van der Waals surface area contributed by atoms with E-state index in [-0.39, 0.29) is 19.8 Å². The Morgan fingerprint density at radius 3 is 0.959 bits per heavy atom. The van der Waals surface area contributed by atoms with Crippen molar-refractivity contribution in [3.05, 3.63) is 48.6 Å². The lowest BCUT2D eigenvalue weighted by Gasteiger charge is -2.24. The molecule has 49 heavy (non-hydrogen) atoms. The molecule has 5 N–H and O–H groups in total. The molecule has 0 spiro atoms. The molecular formula is C42H78O7. The summed E-state index contributed by atoms with van der Waals surface area (Å²) in [5, 5.41) is 43.0. The van der Waals surface area contributed by atoms with E-state index in [0.29, 0.717) is 19.3 Å². The molecule has 0 aromatic carbocycles. The van der Waals surface area contributed by atoms with Gasteiger partial charge in [-0.2, -0.15) is 0 Å². The molecule has 0 aliphatic carbocycles. The zero-order valence-corrected chi connectivity index (χ0v) is 32.0. The molecule has 0 saturated carbocycles. The molecular weight excluding hydrogens is 616 g/mol. The van der Waals surface area contributed by atoms with Gasteiger partial charge in [0.1, 0.15) is 0 Å². The molecule has 0 aromatic rings. The molecule has 0 fully saturated rings. The first-order valence-corrected chi connectivity index (χ1v) is 19.6. The van der Waals surface area contributed by atoms with Gasteiger partial charge in [0.25, 0.3) is 0 Å². The van der Waals surface area contributed by atoms with Crippen molar-refractivity contribution in [2.24, 2.45) is 5.41 Å². The van der Waals surface area contributed by atoms with Crippen LogP contribution in [0.1, 0.15) is 181 Å². The SMILES string of the molecule is CCC(CO)(CO)CO.CCCCC/C=C\C/C=C\CCCCCCCC(=O)O.CCCCC/C=C\C/C=C\CCCCCCCC(=O)O. The molecule has 0 atom stereocenters. The maximum Gasteiger partial charge on any atom is 0.303 e. The lowest BCUT2D eigenvalue weighted by Crippen LogP contribution is -2.32. The van der Waals surface area contributed by atoms with Crippen LogP contribution in [0.25, 0.3) is 0 Å². The second-order valence-corrected chi connectivity index (χ2v) is 13.1. The van der Waals surface area contributed by atoms with Gasteiger partial charge in [-0.3, -0.25) is 9.59 Å². The van der Waals surface area contributed by atoms with E-state index < -0.39 is 17.4 Å². The number of aliphatic hydroxyl groups is 3. The first kappa shape index (κ1) is 51.2. The third-order valence-electron chi connectivity index (χ3n) is 8.44. The molecule has 0 saturated heterocycles. The monoisotopic (exact) mass is 695 g/mol. The van der Waals surface area contributed by atoms with Gasteiger partial charge in [-0.05, 0) is 83.5 Å². The predicted molar refractivity (Wildman–Crippen MR) is 208 cm³/mol. The van der Waals surface area contributed by atoms with Crippen molar-refractivity contribution in [2.45, 2.75) is 181 Å². The highest BCUT2D eigenvalue weighted by Gasteiger charge is 2.24. The summed E-state index contributed by atoms with van der Waals surface area (Å²) in [6, 6.07) is 0. The molecule has 0 amide bonds. The number of carbonyl (C=O) groups is 2. The summed E-state index contributed by atoms with van der Waals surface area (Å²) in [7, 11) is 0. The molecule has 0 rings (SSSR count). The Kier molecular flexibility index (Phi) is 45.7. The van der Waals surface area contributed by atoms with E-state index >= 15 is 0 Å². The van der Waals surface area contributed by atoms with Crippen LogP contribution in [0, 0.1) is 5.41 Å². The molecule has 7 heteroatoms. The van der Waals surface area contributed by atoms with Gasteiger partial charge in [0.2, 0.25) is 0 Å². The molecule has 0 unspecified atom stereocenters. The maximum absolute atomic E-state index is 10.3. The summed E-state index contributed by atoms with van der Waals surface area (Å²) >= 11 is 0. The van der Waals surface area contributed by atoms with Gasteiger partial charge < -0.3 is 25.5 Å². The van der Waals surface area contributed by atoms with Gasteiger partial charge in [-0.15, -0.1) is 0 Å². The van der Waals surface area contributed by atoms with Crippen molar-refractivity contribution in [1.82, 2.24) is 0 Å². The van der Waals surface area contributed by atoms with Crippen LogP contribution in [-0.4, -0.2) is 57.3 Å². The Labute approximate surface area is 301 Å². The molecule has 0 aliphatic rings. The Morgan fingerprint density at radius 1 is 0.429 bits per heavy atom. The molecule has 7 nitrogen and oxygen atoms in total. The van der Waals surface area contributed by atoms with Gasteiger partial charge >= 0.3 is 11.9 Å². The van der Waals surface area contributed by atoms with Gasteiger partial charge in [-0.25, -0.2) is 0 Å². The Morgan fingerprint density at radius 2 is 0.714 bits per heavy atom. The van der Waals surface area contributed by atoms with Crippen LogP contribution < -0.4 is 0 Å². The highest BCUT2D eigenvalue weighted by molar-refractivity contribution is 5.66. The minimum atomic E-state index is -0.671. The largest absolute Gasteiger partial charge is 0.481 e. The van der Waals surface area contributed by atoms with Crippen molar-refractivity contribution >= 4 is 11.9 Å². The Bertz CT molecular complexity index is 723. The fourth-order valence-corrected chi connectivity index (χ4v) is 4.66. The number of aliphatic carboxylic acids is 2. The minimum Gasteiger partial charge on any atom is -0.481 e. The fourth-order valence-electron chi connectivity index (χ4n) is 4.66. The second-order valence-electron chi connectivity index (χ2n) is 13.1. The van der Waals surface area contributed by atoms with Gasteiger partial charge in [0, 0.05) is 18.3 Å². The first-order chi connectivity index (χ1) is 23.8. The quantitative estimate of drug-likeness (QED) is 0.0349. The lowest BCUT2D eigenvalue weighted by molar-refractivity contribution is -0.138. The third kappa shape index (κ3) is 45.8.